The fourth-order valence-electron chi connectivity index (χ4n) is 10.8. The van der Waals surface area contributed by atoms with Gasteiger partial charge in [-0.15, -0.1) is 0 Å². The Kier molecular flexibility index (Phi) is 68.6. The highest BCUT2D eigenvalue weighted by molar-refractivity contribution is 5.71. The van der Waals surface area contributed by atoms with Crippen LogP contribution in [0, 0.1) is 0 Å². The number of hydrogen-bond donors (Lipinski definition) is 0. The molecule has 0 aromatic rings. The van der Waals surface area contributed by atoms with Crippen LogP contribution in [0.3, 0.4) is 0 Å². The summed E-state index contributed by atoms with van der Waals surface area (Å²) in [4.78, 5) is 38.5. The van der Waals surface area contributed by atoms with Crippen molar-refractivity contribution in [2.45, 2.75) is 386 Å². The van der Waals surface area contributed by atoms with Gasteiger partial charge in [-0.2, -0.15) is 0 Å². The largest absolute Gasteiger partial charge is 0.462 e. The first-order chi connectivity index (χ1) is 41.0. The van der Waals surface area contributed by atoms with Crippen molar-refractivity contribution >= 4 is 17.9 Å². The number of esters is 3. The normalized spacial score (nSPS) is 12.5. The minimum absolute atomic E-state index is 0.0768. The molecule has 0 N–H and O–H groups in total. The quantitative estimate of drug-likeness (QED) is 0.0261. The zero-order valence-corrected chi connectivity index (χ0v) is 55.5. The number of allylic oxidation sites excluding steroid dienone is 12. The zero-order valence-electron chi connectivity index (χ0n) is 55.5. The molecular weight excluding hydrogens is 1020 g/mol. The minimum Gasteiger partial charge on any atom is -0.462 e. The highest BCUT2D eigenvalue weighted by Crippen LogP contribution is 2.18. The van der Waals surface area contributed by atoms with Crippen molar-refractivity contribution < 1.29 is 28.6 Å². The number of rotatable bonds is 67. The second kappa shape index (κ2) is 71.3. The van der Waals surface area contributed by atoms with Crippen LogP contribution < -0.4 is 0 Å². The first-order valence-electron chi connectivity index (χ1n) is 36.4. The van der Waals surface area contributed by atoms with Gasteiger partial charge in [0, 0.05) is 19.3 Å². The summed E-state index contributed by atoms with van der Waals surface area (Å²) in [5, 5.41) is 0. The van der Waals surface area contributed by atoms with Crippen LogP contribution in [0.2, 0.25) is 0 Å². The molecular formula is C77H138O6. The van der Waals surface area contributed by atoms with Gasteiger partial charge in [0.05, 0.1) is 0 Å². The molecule has 6 heteroatoms. The Bertz CT molecular complexity index is 1520. The van der Waals surface area contributed by atoms with E-state index in [0.29, 0.717) is 19.3 Å². The van der Waals surface area contributed by atoms with E-state index in [2.05, 4.69) is 93.7 Å². The first kappa shape index (κ1) is 79.8. The molecule has 0 bridgehead atoms. The lowest BCUT2D eigenvalue weighted by molar-refractivity contribution is -0.167. The third-order valence-electron chi connectivity index (χ3n) is 16.2. The average Bonchev–Trinajstić information content (AvgIpc) is 3.50. The van der Waals surface area contributed by atoms with Crippen LogP contribution in [0.15, 0.2) is 72.9 Å². The topological polar surface area (TPSA) is 78.9 Å². The third-order valence-corrected chi connectivity index (χ3v) is 16.2. The summed E-state index contributed by atoms with van der Waals surface area (Å²) < 4.78 is 17.0. The van der Waals surface area contributed by atoms with E-state index in [0.717, 1.165) is 103 Å². The van der Waals surface area contributed by atoms with Crippen molar-refractivity contribution in [2.24, 2.45) is 0 Å². The van der Waals surface area contributed by atoms with Crippen LogP contribution in [-0.2, 0) is 28.6 Å². The molecule has 83 heavy (non-hydrogen) atoms. The average molecular weight is 1160 g/mol. The Labute approximate surface area is 516 Å². The van der Waals surface area contributed by atoms with E-state index in [-0.39, 0.29) is 31.1 Å². The monoisotopic (exact) mass is 1160 g/mol. The summed E-state index contributed by atoms with van der Waals surface area (Å²) in [6.45, 7) is 6.57. The van der Waals surface area contributed by atoms with E-state index in [1.807, 2.05) is 0 Å². The van der Waals surface area contributed by atoms with Gasteiger partial charge >= 0.3 is 17.9 Å². The summed E-state index contributed by atoms with van der Waals surface area (Å²) in [5.74, 6) is -0.866. The Hall–Kier alpha value is -3.15. The smallest absolute Gasteiger partial charge is 0.306 e. The van der Waals surface area contributed by atoms with Gasteiger partial charge in [0.15, 0.2) is 6.10 Å². The Balaban J connectivity index is 4.31. The predicted molar refractivity (Wildman–Crippen MR) is 362 cm³/mol. The van der Waals surface area contributed by atoms with E-state index in [1.54, 1.807) is 0 Å². The van der Waals surface area contributed by atoms with Crippen molar-refractivity contribution in [1.82, 2.24) is 0 Å². The Morgan fingerprint density at radius 2 is 0.470 bits per heavy atom. The van der Waals surface area contributed by atoms with E-state index in [1.165, 1.54) is 238 Å². The van der Waals surface area contributed by atoms with Gasteiger partial charge in [-0.25, -0.2) is 0 Å². The van der Waals surface area contributed by atoms with Crippen LogP contribution in [0.5, 0.6) is 0 Å². The molecule has 1 atom stereocenters. The standard InChI is InChI=1S/C77H138O6/c1-4-7-10-13-16-19-22-25-28-31-34-35-36-37-38-39-40-41-44-46-49-52-55-58-61-64-67-70-76(79)82-73-74(83-77(80)71-68-65-62-59-56-53-50-47-43-33-30-27-24-21-18-15-12-9-6-3)72-81-75(78)69-66-63-60-57-54-51-48-45-42-32-29-26-23-20-17-14-11-8-5-2/h9,12,18,21-22,25,27,30-31,34,43,47,74H,4-8,10-11,13-17,19-20,23-24,26,28-29,32-33,35-42,44-46,48-73H2,1-3H3/b12-9-,21-18-,25-22-,30-27-,34-31-,47-43-. The van der Waals surface area contributed by atoms with E-state index >= 15 is 0 Å². The molecule has 0 saturated carbocycles. The van der Waals surface area contributed by atoms with Crippen LogP contribution >= 0.6 is 0 Å². The second-order valence-corrected chi connectivity index (χ2v) is 24.5. The van der Waals surface area contributed by atoms with Gasteiger partial charge in [0.2, 0.25) is 0 Å². The molecule has 0 amide bonds. The fourth-order valence-corrected chi connectivity index (χ4v) is 10.8. The SMILES string of the molecule is CC/C=C\C/C=C\C/C=C\C/C=C\CCCCCCCCC(=O)OC(COC(=O)CCCCCCCCCCCCCCCCC/C=C\C/C=C\CCCCCCC)COC(=O)CCCCCCCCCCCCCCCCCCCCC. The van der Waals surface area contributed by atoms with Crippen LogP contribution in [0.1, 0.15) is 380 Å². The molecule has 0 heterocycles. The molecule has 0 spiro atoms. The Morgan fingerprint density at radius 3 is 0.735 bits per heavy atom. The maximum Gasteiger partial charge on any atom is 0.306 e. The summed E-state index contributed by atoms with van der Waals surface area (Å²) >= 11 is 0. The molecule has 0 radical (unpaired) electrons. The van der Waals surface area contributed by atoms with Crippen LogP contribution in [-0.4, -0.2) is 37.2 Å². The van der Waals surface area contributed by atoms with Gasteiger partial charge in [0.25, 0.3) is 0 Å². The van der Waals surface area contributed by atoms with Crippen molar-refractivity contribution in [1.29, 1.82) is 0 Å². The summed E-state index contributed by atoms with van der Waals surface area (Å²) in [6, 6.07) is 0. The molecule has 6 nitrogen and oxygen atoms in total. The molecule has 0 aliphatic heterocycles. The number of ether oxygens (including phenoxy) is 3. The molecule has 0 fully saturated rings. The number of hydrogen-bond acceptors (Lipinski definition) is 6. The first-order valence-corrected chi connectivity index (χ1v) is 36.4. The fraction of sp³-hybridized carbons (Fsp3) is 0.805. The highest BCUT2D eigenvalue weighted by Gasteiger charge is 2.19. The molecule has 1 unspecified atom stereocenters. The molecule has 482 valence electrons. The van der Waals surface area contributed by atoms with Crippen LogP contribution in [0.25, 0.3) is 0 Å². The summed E-state index contributed by atoms with van der Waals surface area (Å²) in [6.07, 6.45) is 93.6. The maximum absolute atomic E-state index is 13.0. The molecule has 0 aromatic heterocycles. The number of unbranched alkanes of at least 4 members (excludes halogenated alkanes) is 44. The summed E-state index contributed by atoms with van der Waals surface area (Å²) in [5.41, 5.74) is 0. The maximum atomic E-state index is 13.0. The van der Waals surface area contributed by atoms with Gasteiger partial charge in [-0.3, -0.25) is 14.4 Å². The van der Waals surface area contributed by atoms with E-state index < -0.39 is 6.10 Å². The lowest BCUT2D eigenvalue weighted by atomic mass is 10.0. The van der Waals surface area contributed by atoms with Crippen molar-refractivity contribution in [2.75, 3.05) is 13.2 Å². The van der Waals surface area contributed by atoms with E-state index in [9.17, 15) is 14.4 Å². The van der Waals surface area contributed by atoms with Crippen molar-refractivity contribution in [3.63, 3.8) is 0 Å². The van der Waals surface area contributed by atoms with E-state index in [4.69, 9.17) is 14.2 Å². The molecule has 0 saturated heterocycles. The second-order valence-electron chi connectivity index (χ2n) is 24.5. The summed E-state index contributed by atoms with van der Waals surface area (Å²) in [7, 11) is 0. The zero-order chi connectivity index (χ0) is 59.9. The van der Waals surface area contributed by atoms with Gasteiger partial charge < -0.3 is 14.2 Å². The Morgan fingerprint density at radius 1 is 0.253 bits per heavy atom. The van der Waals surface area contributed by atoms with Gasteiger partial charge in [-0.05, 0) is 89.9 Å². The molecule has 0 rings (SSSR count). The number of carbonyl (C=O) groups excluding carboxylic acids is 3. The van der Waals surface area contributed by atoms with Crippen molar-refractivity contribution in [3.8, 4) is 0 Å². The minimum atomic E-state index is -0.783. The van der Waals surface area contributed by atoms with Gasteiger partial charge in [-0.1, -0.05) is 344 Å². The highest BCUT2D eigenvalue weighted by atomic mass is 16.6. The molecule has 0 aliphatic carbocycles. The lowest BCUT2D eigenvalue weighted by Gasteiger charge is -2.18. The predicted octanol–water partition coefficient (Wildman–Crippen LogP) is 25.2. The van der Waals surface area contributed by atoms with Crippen molar-refractivity contribution in [3.05, 3.63) is 72.9 Å². The van der Waals surface area contributed by atoms with Crippen LogP contribution in [0.4, 0.5) is 0 Å². The molecule has 0 aromatic carbocycles. The van der Waals surface area contributed by atoms with Gasteiger partial charge in [0.1, 0.15) is 13.2 Å². The third kappa shape index (κ3) is 69.5. The lowest BCUT2D eigenvalue weighted by Crippen LogP contribution is -2.30. The molecule has 0 aliphatic rings. The number of carbonyl (C=O) groups is 3.